The Labute approximate surface area is 121 Å². The van der Waals surface area contributed by atoms with Gasteiger partial charge in [-0.1, -0.05) is 16.7 Å². The molecule has 0 atom stereocenters. The lowest BCUT2D eigenvalue weighted by Gasteiger charge is -2.18. The Kier molecular flexibility index (Phi) is 4.25. The van der Waals surface area contributed by atoms with E-state index in [9.17, 15) is 4.39 Å². The zero-order valence-corrected chi connectivity index (χ0v) is 12.3. The Hall–Kier alpha value is -1.66. The predicted molar refractivity (Wildman–Crippen MR) is 75.6 cm³/mol. The maximum Gasteiger partial charge on any atom is 0.320 e. The van der Waals surface area contributed by atoms with E-state index in [0.717, 1.165) is 0 Å². The minimum atomic E-state index is -0.443. The lowest BCUT2D eigenvalue weighted by Crippen LogP contribution is -2.35. The molecule has 0 aliphatic carbocycles. The molecule has 20 heavy (non-hydrogen) atoms. The van der Waals surface area contributed by atoms with E-state index in [0.29, 0.717) is 17.5 Å². The van der Waals surface area contributed by atoms with Crippen LogP contribution in [0.25, 0.3) is 0 Å². The number of nitrogens with zero attached hydrogens (tertiary/aromatic N) is 2. The van der Waals surface area contributed by atoms with Crippen LogP contribution in [0.15, 0.2) is 22.6 Å². The maximum absolute atomic E-state index is 13.5. The van der Waals surface area contributed by atoms with E-state index in [-0.39, 0.29) is 17.2 Å². The van der Waals surface area contributed by atoms with Gasteiger partial charge in [-0.2, -0.15) is 0 Å². The summed E-state index contributed by atoms with van der Waals surface area (Å²) in [5, 5.41) is 14.0. The second-order valence-corrected chi connectivity index (χ2v) is 5.79. The van der Waals surface area contributed by atoms with Crippen LogP contribution in [-0.4, -0.2) is 15.7 Å². The first-order chi connectivity index (χ1) is 9.33. The summed E-state index contributed by atoms with van der Waals surface area (Å²) in [4.78, 5) is 0. The summed E-state index contributed by atoms with van der Waals surface area (Å²) in [5.74, 6) is -0.0215. The van der Waals surface area contributed by atoms with Crippen molar-refractivity contribution in [1.82, 2.24) is 15.5 Å². The summed E-state index contributed by atoms with van der Waals surface area (Å²) in [6.07, 6.45) is 0. The first-order valence-electron chi connectivity index (χ1n) is 6.13. The summed E-state index contributed by atoms with van der Waals surface area (Å²) in [6, 6.07) is 4.31. The third-order valence-electron chi connectivity index (χ3n) is 2.41. The molecule has 2 N–H and O–H groups in total. The van der Waals surface area contributed by atoms with Crippen molar-refractivity contribution in [2.45, 2.75) is 32.9 Å². The second kappa shape index (κ2) is 5.76. The van der Waals surface area contributed by atoms with Gasteiger partial charge in [0.25, 0.3) is 0 Å². The molecule has 0 radical (unpaired) electrons. The minimum absolute atomic E-state index is 0.0544. The average molecular weight is 299 g/mol. The van der Waals surface area contributed by atoms with Crippen LogP contribution in [0.1, 0.15) is 26.7 Å². The van der Waals surface area contributed by atoms with Crippen molar-refractivity contribution < 1.29 is 8.81 Å². The normalized spacial score (nSPS) is 11.7. The number of anilines is 2. The van der Waals surface area contributed by atoms with Gasteiger partial charge in [0.05, 0.1) is 12.2 Å². The standard InChI is InChI=1S/C13H16ClFN4O/c1-13(2,3)16-7-11-18-19-12(20-11)17-10-6-8(14)4-5-9(10)15/h4-6,16H,7H2,1-3H3,(H,17,19). The molecule has 5 nitrogen and oxygen atoms in total. The zero-order valence-electron chi connectivity index (χ0n) is 11.5. The van der Waals surface area contributed by atoms with E-state index in [2.05, 4.69) is 20.8 Å². The highest BCUT2D eigenvalue weighted by Gasteiger charge is 2.13. The van der Waals surface area contributed by atoms with Crippen LogP contribution in [-0.2, 0) is 6.54 Å². The van der Waals surface area contributed by atoms with Gasteiger partial charge < -0.3 is 15.1 Å². The highest BCUT2D eigenvalue weighted by molar-refractivity contribution is 6.30. The van der Waals surface area contributed by atoms with Crippen LogP contribution in [0.5, 0.6) is 0 Å². The highest BCUT2D eigenvalue weighted by atomic mass is 35.5. The van der Waals surface area contributed by atoms with Crippen LogP contribution in [0, 0.1) is 5.82 Å². The van der Waals surface area contributed by atoms with E-state index in [4.69, 9.17) is 16.0 Å². The molecule has 0 bridgehead atoms. The molecular formula is C13H16ClFN4O. The molecule has 0 saturated heterocycles. The van der Waals surface area contributed by atoms with Crippen LogP contribution in [0.3, 0.4) is 0 Å². The molecular weight excluding hydrogens is 283 g/mol. The molecule has 7 heteroatoms. The quantitative estimate of drug-likeness (QED) is 0.904. The number of hydrogen-bond acceptors (Lipinski definition) is 5. The molecule has 0 saturated carbocycles. The van der Waals surface area contributed by atoms with Gasteiger partial charge >= 0.3 is 6.01 Å². The van der Waals surface area contributed by atoms with Gasteiger partial charge in [-0.15, -0.1) is 5.10 Å². The van der Waals surface area contributed by atoms with Crippen molar-refractivity contribution in [3.63, 3.8) is 0 Å². The van der Waals surface area contributed by atoms with Crippen molar-refractivity contribution in [3.8, 4) is 0 Å². The number of rotatable bonds is 4. The topological polar surface area (TPSA) is 63.0 Å². The van der Waals surface area contributed by atoms with Gasteiger partial charge in [0.2, 0.25) is 5.89 Å². The molecule has 0 amide bonds. The third-order valence-corrected chi connectivity index (χ3v) is 2.64. The SMILES string of the molecule is CC(C)(C)NCc1nnc(Nc2cc(Cl)ccc2F)o1. The summed E-state index contributed by atoms with van der Waals surface area (Å²) in [5.41, 5.74) is 0.137. The van der Waals surface area contributed by atoms with E-state index in [1.165, 1.54) is 18.2 Å². The summed E-state index contributed by atoms with van der Waals surface area (Å²) >= 11 is 5.80. The van der Waals surface area contributed by atoms with Gasteiger partial charge in [-0.3, -0.25) is 0 Å². The van der Waals surface area contributed by atoms with Gasteiger partial charge in [0, 0.05) is 10.6 Å². The van der Waals surface area contributed by atoms with Crippen molar-refractivity contribution in [3.05, 3.63) is 34.9 Å². The van der Waals surface area contributed by atoms with E-state index >= 15 is 0 Å². The lowest BCUT2D eigenvalue weighted by atomic mass is 10.1. The van der Waals surface area contributed by atoms with Crippen molar-refractivity contribution in [2.24, 2.45) is 0 Å². The number of benzene rings is 1. The van der Waals surface area contributed by atoms with Crippen LogP contribution < -0.4 is 10.6 Å². The van der Waals surface area contributed by atoms with E-state index in [1.807, 2.05) is 20.8 Å². The maximum atomic E-state index is 13.5. The molecule has 0 unspecified atom stereocenters. The van der Waals surface area contributed by atoms with Gasteiger partial charge in [-0.05, 0) is 39.0 Å². The molecule has 0 fully saturated rings. The molecule has 0 aliphatic rings. The highest BCUT2D eigenvalue weighted by Crippen LogP contribution is 2.22. The van der Waals surface area contributed by atoms with Gasteiger partial charge in [0.15, 0.2) is 0 Å². The second-order valence-electron chi connectivity index (χ2n) is 5.35. The van der Waals surface area contributed by atoms with Crippen LogP contribution in [0.2, 0.25) is 5.02 Å². The summed E-state index contributed by atoms with van der Waals surface area (Å²) in [7, 11) is 0. The van der Waals surface area contributed by atoms with E-state index < -0.39 is 5.82 Å². The summed E-state index contributed by atoms with van der Waals surface area (Å²) in [6.45, 7) is 6.54. The smallest absolute Gasteiger partial charge is 0.320 e. The molecule has 1 aromatic heterocycles. The van der Waals surface area contributed by atoms with E-state index in [1.54, 1.807) is 0 Å². The molecule has 1 aromatic carbocycles. The zero-order chi connectivity index (χ0) is 14.8. The fraction of sp³-hybridized carbons (Fsp3) is 0.385. The Morgan fingerprint density at radius 1 is 1.30 bits per heavy atom. The first-order valence-corrected chi connectivity index (χ1v) is 6.51. The fourth-order valence-corrected chi connectivity index (χ4v) is 1.60. The Morgan fingerprint density at radius 3 is 2.75 bits per heavy atom. The van der Waals surface area contributed by atoms with Crippen molar-refractivity contribution in [2.75, 3.05) is 5.32 Å². The largest absolute Gasteiger partial charge is 0.406 e. The number of hydrogen-bond donors (Lipinski definition) is 2. The average Bonchev–Trinajstić information content (AvgIpc) is 2.78. The molecule has 1 heterocycles. The van der Waals surface area contributed by atoms with Crippen LogP contribution >= 0.6 is 11.6 Å². The molecule has 2 rings (SSSR count). The molecule has 0 spiro atoms. The molecule has 2 aromatic rings. The molecule has 0 aliphatic heterocycles. The minimum Gasteiger partial charge on any atom is -0.406 e. The Balaban J connectivity index is 2.04. The van der Waals surface area contributed by atoms with Gasteiger partial charge in [0.1, 0.15) is 5.82 Å². The van der Waals surface area contributed by atoms with Gasteiger partial charge in [-0.25, -0.2) is 4.39 Å². The number of aromatic nitrogens is 2. The monoisotopic (exact) mass is 298 g/mol. The third kappa shape index (κ3) is 4.18. The first kappa shape index (κ1) is 14.7. The van der Waals surface area contributed by atoms with Crippen molar-refractivity contribution in [1.29, 1.82) is 0 Å². The molecule has 108 valence electrons. The Morgan fingerprint density at radius 2 is 2.05 bits per heavy atom. The lowest BCUT2D eigenvalue weighted by molar-refractivity contribution is 0.384. The number of nitrogens with one attached hydrogen (secondary N) is 2. The number of halogens is 2. The summed E-state index contributed by atoms with van der Waals surface area (Å²) < 4.78 is 18.9. The van der Waals surface area contributed by atoms with Crippen molar-refractivity contribution >= 4 is 23.3 Å². The van der Waals surface area contributed by atoms with Crippen LogP contribution in [0.4, 0.5) is 16.1 Å². The Bertz CT molecular complexity index is 594. The predicted octanol–water partition coefficient (Wildman–Crippen LogP) is 3.49. The fourth-order valence-electron chi connectivity index (χ4n) is 1.42.